The molecule has 0 unspecified atom stereocenters. The summed E-state index contributed by atoms with van der Waals surface area (Å²) in [5.74, 6) is -1.88. The number of thiazole rings is 1. The van der Waals surface area contributed by atoms with Crippen LogP contribution in [0.15, 0.2) is 28.1 Å². The first kappa shape index (κ1) is 15.1. The molecule has 21 heavy (non-hydrogen) atoms. The zero-order valence-corrected chi connectivity index (χ0v) is 12.5. The minimum atomic E-state index is -1.23. The van der Waals surface area contributed by atoms with Crippen molar-refractivity contribution >= 4 is 50.5 Å². The molecule has 0 saturated heterocycles. The van der Waals surface area contributed by atoms with Crippen molar-refractivity contribution in [1.29, 1.82) is 0 Å². The van der Waals surface area contributed by atoms with Crippen LogP contribution in [0.1, 0.15) is 20.3 Å². The molecule has 0 aliphatic carbocycles. The molecule has 0 spiro atoms. The number of benzene rings is 1. The molecule has 0 aliphatic heterocycles. The van der Waals surface area contributed by atoms with Crippen LogP contribution in [0, 0.1) is 10.1 Å². The summed E-state index contributed by atoms with van der Waals surface area (Å²) in [5.41, 5.74) is -0.219. The number of aromatic nitrogens is 1. The van der Waals surface area contributed by atoms with Crippen LogP contribution in [0.4, 0.5) is 11.4 Å². The highest BCUT2D eigenvalue weighted by molar-refractivity contribution is 9.10. The number of carbonyl (C=O) groups excluding carboxylic acids is 1. The Labute approximate surface area is 129 Å². The number of nitrogens with zero attached hydrogens (tertiary/aromatic N) is 2. The Balaban J connectivity index is 2.24. The van der Waals surface area contributed by atoms with Crippen LogP contribution in [0.25, 0.3) is 0 Å². The number of aromatic carboxylic acids is 1. The fraction of sp³-hybridized carbons (Fsp3) is 0. The molecule has 108 valence electrons. The lowest BCUT2D eigenvalue weighted by Gasteiger charge is -2.05. The molecular formula is C11H6BrN3O5S. The van der Waals surface area contributed by atoms with Crippen LogP contribution in [0.3, 0.4) is 0 Å². The molecule has 10 heteroatoms. The molecule has 2 aromatic rings. The predicted molar refractivity (Wildman–Crippen MR) is 77.8 cm³/mol. The van der Waals surface area contributed by atoms with Crippen LogP contribution in [0.5, 0.6) is 0 Å². The number of non-ortho nitro benzene ring substituents is 1. The Morgan fingerprint density at radius 1 is 1.43 bits per heavy atom. The molecule has 1 aromatic heterocycles. The SMILES string of the molecule is O=C(O)c1csc(C(=O)Nc2cc([N+](=O)[O-])ccc2Br)n1. The summed E-state index contributed by atoms with van der Waals surface area (Å²) in [6, 6.07) is 3.90. The topological polar surface area (TPSA) is 122 Å². The van der Waals surface area contributed by atoms with E-state index in [-0.39, 0.29) is 22.1 Å². The smallest absolute Gasteiger partial charge is 0.355 e. The number of hydrogen-bond donors (Lipinski definition) is 2. The predicted octanol–water partition coefficient (Wildman–Crippen LogP) is 2.76. The highest BCUT2D eigenvalue weighted by Gasteiger charge is 2.17. The second kappa shape index (κ2) is 5.97. The van der Waals surface area contributed by atoms with Gasteiger partial charge in [0.1, 0.15) is 0 Å². The highest BCUT2D eigenvalue weighted by Crippen LogP contribution is 2.27. The highest BCUT2D eigenvalue weighted by atomic mass is 79.9. The van der Waals surface area contributed by atoms with E-state index >= 15 is 0 Å². The lowest BCUT2D eigenvalue weighted by molar-refractivity contribution is -0.384. The molecule has 0 bridgehead atoms. The van der Waals surface area contributed by atoms with Crippen molar-refractivity contribution in [3.63, 3.8) is 0 Å². The molecule has 2 N–H and O–H groups in total. The zero-order valence-electron chi connectivity index (χ0n) is 10.1. The number of nitro benzene ring substituents is 1. The molecule has 1 amide bonds. The van der Waals surface area contributed by atoms with Gasteiger partial charge in [-0.25, -0.2) is 9.78 Å². The first-order valence-electron chi connectivity index (χ1n) is 5.32. The second-order valence-corrected chi connectivity index (χ2v) is 5.43. The van der Waals surface area contributed by atoms with Gasteiger partial charge in [0.2, 0.25) is 0 Å². The zero-order chi connectivity index (χ0) is 15.6. The van der Waals surface area contributed by atoms with Crippen molar-refractivity contribution in [2.75, 3.05) is 5.32 Å². The Bertz CT molecular complexity index is 745. The number of nitro groups is 1. The number of hydrogen-bond acceptors (Lipinski definition) is 6. The lowest BCUT2D eigenvalue weighted by Crippen LogP contribution is -2.12. The Kier molecular flexibility index (Phi) is 4.29. The quantitative estimate of drug-likeness (QED) is 0.629. The van der Waals surface area contributed by atoms with Gasteiger partial charge in [0.05, 0.1) is 10.6 Å². The van der Waals surface area contributed by atoms with Crippen molar-refractivity contribution < 1.29 is 19.6 Å². The van der Waals surface area contributed by atoms with Gasteiger partial charge in [-0.15, -0.1) is 11.3 Å². The van der Waals surface area contributed by atoms with E-state index in [9.17, 15) is 19.7 Å². The van der Waals surface area contributed by atoms with Gasteiger partial charge in [0.25, 0.3) is 11.6 Å². The fourth-order valence-electron chi connectivity index (χ4n) is 1.37. The van der Waals surface area contributed by atoms with E-state index in [0.717, 1.165) is 11.3 Å². The van der Waals surface area contributed by atoms with E-state index in [1.807, 2.05) is 0 Å². The van der Waals surface area contributed by atoms with Gasteiger partial charge in [-0.2, -0.15) is 0 Å². The molecule has 0 saturated carbocycles. The van der Waals surface area contributed by atoms with Gasteiger partial charge < -0.3 is 10.4 Å². The third-order valence-electron chi connectivity index (χ3n) is 2.33. The monoisotopic (exact) mass is 371 g/mol. The normalized spacial score (nSPS) is 10.1. The number of amides is 1. The van der Waals surface area contributed by atoms with Gasteiger partial charge in [-0.05, 0) is 22.0 Å². The standard InChI is InChI=1S/C11H6BrN3O5S/c12-6-2-1-5(15(19)20)3-7(6)13-9(16)10-14-8(4-21-10)11(17)18/h1-4H,(H,13,16)(H,17,18). The maximum atomic E-state index is 11.9. The van der Waals surface area contributed by atoms with E-state index in [1.165, 1.54) is 23.6 Å². The molecule has 1 heterocycles. The van der Waals surface area contributed by atoms with Crippen LogP contribution in [-0.2, 0) is 0 Å². The molecule has 0 aliphatic rings. The second-order valence-electron chi connectivity index (χ2n) is 3.72. The van der Waals surface area contributed by atoms with Crippen molar-refractivity contribution in [1.82, 2.24) is 4.98 Å². The third-order valence-corrected chi connectivity index (χ3v) is 3.86. The Morgan fingerprint density at radius 3 is 2.71 bits per heavy atom. The molecule has 1 aromatic carbocycles. The summed E-state index contributed by atoms with van der Waals surface area (Å²) in [6.45, 7) is 0. The van der Waals surface area contributed by atoms with Crippen molar-refractivity contribution in [2.24, 2.45) is 0 Å². The number of anilines is 1. The largest absolute Gasteiger partial charge is 0.476 e. The number of carboxylic acids is 1. The molecule has 0 fully saturated rings. The van der Waals surface area contributed by atoms with Gasteiger partial charge in [0, 0.05) is 22.0 Å². The van der Waals surface area contributed by atoms with E-state index in [2.05, 4.69) is 26.2 Å². The average Bonchev–Trinajstić information content (AvgIpc) is 2.90. The van der Waals surface area contributed by atoms with Crippen LogP contribution >= 0.6 is 27.3 Å². The summed E-state index contributed by atoms with van der Waals surface area (Å²) in [7, 11) is 0. The number of carbonyl (C=O) groups is 2. The van der Waals surface area contributed by atoms with Gasteiger partial charge in [-0.1, -0.05) is 0 Å². The molecular weight excluding hydrogens is 366 g/mol. The van der Waals surface area contributed by atoms with Gasteiger partial charge >= 0.3 is 5.97 Å². The fourth-order valence-corrected chi connectivity index (χ4v) is 2.41. The van der Waals surface area contributed by atoms with Crippen molar-refractivity contribution in [3.8, 4) is 0 Å². The number of halogens is 1. The molecule has 2 rings (SSSR count). The van der Waals surface area contributed by atoms with E-state index in [4.69, 9.17) is 5.11 Å². The van der Waals surface area contributed by atoms with Gasteiger partial charge in [-0.3, -0.25) is 14.9 Å². The average molecular weight is 372 g/mol. The van der Waals surface area contributed by atoms with Crippen LogP contribution in [-0.4, -0.2) is 26.9 Å². The summed E-state index contributed by atoms with van der Waals surface area (Å²) in [4.78, 5) is 36.4. The third kappa shape index (κ3) is 3.41. The maximum absolute atomic E-state index is 11.9. The van der Waals surface area contributed by atoms with Gasteiger partial charge in [0.15, 0.2) is 10.7 Å². The summed E-state index contributed by atoms with van der Waals surface area (Å²) in [5, 5.41) is 23.1. The summed E-state index contributed by atoms with van der Waals surface area (Å²) < 4.78 is 0.455. The summed E-state index contributed by atoms with van der Waals surface area (Å²) >= 11 is 4.03. The minimum Gasteiger partial charge on any atom is -0.476 e. The first-order chi connectivity index (χ1) is 9.88. The lowest BCUT2D eigenvalue weighted by atomic mass is 10.3. The number of rotatable bonds is 4. The van der Waals surface area contributed by atoms with E-state index < -0.39 is 16.8 Å². The summed E-state index contributed by atoms with van der Waals surface area (Å²) in [6.07, 6.45) is 0. The maximum Gasteiger partial charge on any atom is 0.355 e. The molecule has 0 atom stereocenters. The molecule has 8 nitrogen and oxygen atoms in total. The minimum absolute atomic E-state index is 0.0502. The van der Waals surface area contributed by atoms with Crippen LogP contribution in [0.2, 0.25) is 0 Å². The number of nitrogens with one attached hydrogen (secondary N) is 1. The van der Waals surface area contributed by atoms with Crippen LogP contribution < -0.4 is 5.32 Å². The van der Waals surface area contributed by atoms with Crippen molar-refractivity contribution in [3.05, 3.63) is 48.9 Å². The van der Waals surface area contributed by atoms with Crippen molar-refractivity contribution in [2.45, 2.75) is 0 Å². The Hall–Kier alpha value is -2.33. The number of carboxylic acid groups (broad SMARTS) is 1. The van der Waals surface area contributed by atoms with E-state index in [0.29, 0.717) is 4.47 Å². The molecule has 0 radical (unpaired) electrons. The van der Waals surface area contributed by atoms with E-state index in [1.54, 1.807) is 0 Å². The Morgan fingerprint density at radius 2 is 2.14 bits per heavy atom. The first-order valence-corrected chi connectivity index (χ1v) is 7.00.